The molecule has 5 heteroatoms. The Labute approximate surface area is 111 Å². The smallest absolute Gasteiger partial charge is 0.202 e. The van der Waals surface area contributed by atoms with Crippen molar-refractivity contribution in [3.63, 3.8) is 0 Å². The third-order valence-corrected chi connectivity index (χ3v) is 3.13. The molecular weight excluding hydrogens is 238 g/mol. The fourth-order valence-electron chi connectivity index (χ4n) is 2.16. The molecule has 2 N–H and O–H groups in total. The molecule has 3 aromatic rings. The number of rotatable bonds is 2. The first-order valence-electron chi connectivity index (χ1n) is 6.15. The minimum absolute atomic E-state index is 0.472. The first-order chi connectivity index (χ1) is 9.15. The van der Waals surface area contributed by atoms with Crippen LogP contribution in [0.15, 0.2) is 30.5 Å². The van der Waals surface area contributed by atoms with Gasteiger partial charge in [-0.3, -0.25) is 9.55 Å². The summed E-state index contributed by atoms with van der Waals surface area (Å²) in [6.45, 7) is 4.56. The van der Waals surface area contributed by atoms with Crippen LogP contribution < -0.4 is 5.73 Å². The van der Waals surface area contributed by atoms with E-state index in [9.17, 15) is 0 Å². The van der Waals surface area contributed by atoms with Crippen molar-refractivity contribution in [3.05, 3.63) is 47.4 Å². The van der Waals surface area contributed by atoms with Gasteiger partial charge < -0.3 is 5.73 Å². The van der Waals surface area contributed by atoms with E-state index in [0.717, 1.165) is 28.1 Å². The van der Waals surface area contributed by atoms with Gasteiger partial charge in [-0.25, -0.2) is 9.97 Å². The summed E-state index contributed by atoms with van der Waals surface area (Å²) in [7, 11) is 0. The maximum Gasteiger partial charge on any atom is 0.202 e. The van der Waals surface area contributed by atoms with E-state index in [4.69, 9.17) is 5.73 Å². The number of nitrogen functional groups attached to an aromatic ring is 1. The molecule has 5 nitrogen and oxygen atoms in total. The van der Waals surface area contributed by atoms with Crippen LogP contribution >= 0.6 is 0 Å². The van der Waals surface area contributed by atoms with Crippen LogP contribution in [0.2, 0.25) is 0 Å². The van der Waals surface area contributed by atoms with Crippen molar-refractivity contribution in [1.82, 2.24) is 19.5 Å². The Hall–Kier alpha value is -2.43. The maximum atomic E-state index is 5.99. The summed E-state index contributed by atoms with van der Waals surface area (Å²) in [5.41, 5.74) is 10.7. The number of imidazole rings is 1. The van der Waals surface area contributed by atoms with E-state index in [1.165, 1.54) is 0 Å². The van der Waals surface area contributed by atoms with Crippen molar-refractivity contribution in [2.45, 2.75) is 20.4 Å². The number of aryl methyl sites for hydroxylation is 2. The molecule has 0 atom stereocenters. The second-order valence-corrected chi connectivity index (χ2v) is 4.63. The number of fused-ring (bicyclic) bond motifs is 1. The monoisotopic (exact) mass is 253 g/mol. The average molecular weight is 253 g/mol. The van der Waals surface area contributed by atoms with Gasteiger partial charge in [0.1, 0.15) is 5.52 Å². The van der Waals surface area contributed by atoms with Gasteiger partial charge in [-0.2, -0.15) is 0 Å². The Morgan fingerprint density at radius 3 is 2.79 bits per heavy atom. The Morgan fingerprint density at radius 1 is 1.16 bits per heavy atom. The Kier molecular flexibility index (Phi) is 2.67. The predicted molar refractivity (Wildman–Crippen MR) is 74.8 cm³/mol. The fraction of sp³-hybridized carbons (Fsp3) is 0.214. The van der Waals surface area contributed by atoms with Gasteiger partial charge in [0.2, 0.25) is 5.95 Å². The van der Waals surface area contributed by atoms with E-state index >= 15 is 0 Å². The number of hydrogen-bond acceptors (Lipinski definition) is 4. The van der Waals surface area contributed by atoms with Crippen molar-refractivity contribution < 1.29 is 0 Å². The van der Waals surface area contributed by atoms with Crippen LogP contribution in [-0.4, -0.2) is 19.5 Å². The van der Waals surface area contributed by atoms with Crippen molar-refractivity contribution in [3.8, 4) is 0 Å². The fourth-order valence-corrected chi connectivity index (χ4v) is 2.16. The van der Waals surface area contributed by atoms with E-state index in [2.05, 4.69) is 15.0 Å². The molecule has 0 saturated heterocycles. The molecule has 0 radical (unpaired) electrons. The van der Waals surface area contributed by atoms with Crippen LogP contribution in [0, 0.1) is 13.8 Å². The van der Waals surface area contributed by atoms with Gasteiger partial charge in [-0.05, 0) is 37.6 Å². The van der Waals surface area contributed by atoms with Crippen molar-refractivity contribution in [1.29, 1.82) is 0 Å². The zero-order chi connectivity index (χ0) is 13.4. The van der Waals surface area contributed by atoms with Crippen LogP contribution in [0.4, 0.5) is 5.95 Å². The Balaban J connectivity index is 2.10. The van der Waals surface area contributed by atoms with Gasteiger partial charge in [-0.1, -0.05) is 6.07 Å². The number of anilines is 1. The normalized spacial score (nSPS) is 11.1. The molecule has 3 aromatic heterocycles. The first-order valence-corrected chi connectivity index (χ1v) is 6.15. The minimum Gasteiger partial charge on any atom is -0.369 e. The summed E-state index contributed by atoms with van der Waals surface area (Å²) >= 11 is 0. The number of pyridine rings is 2. The molecule has 0 bridgehead atoms. The first kappa shape index (κ1) is 11.6. The van der Waals surface area contributed by atoms with Crippen molar-refractivity contribution in [2.75, 3.05) is 5.73 Å². The lowest BCUT2D eigenvalue weighted by Gasteiger charge is -2.06. The van der Waals surface area contributed by atoms with Crippen LogP contribution in [0.25, 0.3) is 11.2 Å². The highest BCUT2D eigenvalue weighted by Gasteiger charge is 2.11. The SMILES string of the molecule is Cc1cccc(Cn2c(N)nc3c(C)ccnc32)n1. The van der Waals surface area contributed by atoms with Crippen LogP contribution in [0.5, 0.6) is 0 Å². The molecular formula is C14H15N5. The number of nitrogens with zero attached hydrogens (tertiary/aromatic N) is 4. The van der Waals surface area contributed by atoms with Crippen LogP contribution in [0.3, 0.4) is 0 Å². The number of nitrogens with two attached hydrogens (primary N) is 1. The molecule has 19 heavy (non-hydrogen) atoms. The molecule has 0 aliphatic heterocycles. The van der Waals surface area contributed by atoms with Gasteiger partial charge in [0, 0.05) is 11.9 Å². The molecule has 96 valence electrons. The molecule has 0 spiro atoms. The molecule has 3 heterocycles. The molecule has 0 saturated carbocycles. The Bertz CT molecular complexity index is 745. The summed E-state index contributed by atoms with van der Waals surface area (Å²) < 4.78 is 1.89. The third-order valence-electron chi connectivity index (χ3n) is 3.13. The summed E-state index contributed by atoms with van der Waals surface area (Å²) in [4.78, 5) is 13.2. The summed E-state index contributed by atoms with van der Waals surface area (Å²) in [6.07, 6.45) is 1.78. The van der Waals surface area contributed by atoms with Crippen molar-refractivity contribution in [2.24, 2.45) is 0 Å². The van der Waals surface area contributed by atoms with E-state index in [1.54, 1.807) is 6.20 Å². The maximum absolute atomic E-state index is 5.99. The molecule has 3 rings (SSSR count). The summed E-state index contributed by atoms with van der Waals surface area (Å²) in [6, 6.07) is 7.88. The largest absolute Gasteiger partial charge is 0.369 e. The molecule has 0 aliphatic carbocycles. The quantitative estimate of drug-likeness (QED) is 0.759. The van der Waals surface area contributed by atoms with E-state index < -0.39 is 0 Å². The molecule has 0 aromatic carbocycles. The molecule has 0 aliphatic rings. The topological polar surface area (TPSA) is 69.6 Å². The van der Waals surface area contributed by atoms with Gasteiger partial charge in [0.05, 0.1) is 12.2 Å². The van der Waals surface area contributed by atoms with Gasteiger partial charge in [0.15, 0.2) is 5.65 Å². The number of aromatic nitrogens is 4. The molecule has 0 fully saturated rings. The zero-order valence-corrected chi connectivity index (χ0v) is 11.0. The lowest BCUT2D eigenvalue weighted by atomic mass is 10.2. The van der Waals surface area contributed by atoms with Crippen LogP contribution in [0.1, 0.15) is 17.0 Å². The second-order valence-electron chi connectivity index (χ2n) is 4.63. The predicted octanol–water partition coefficient (Wildman–Crippen LogP) is 2.07. The summed E-state index contributed by atoms with van der Waals surface area (Å²) in [5.74, 6) is 0.472. The van der Waals surface area contributed by atoms with Gasteiger partial charge in [-0.15, -0.1) is 0 Å². The highest BCUT2D eigenvalue weighted by Crippen LogP contribution is 2.19. The third kappa shape index (κ3) is 2.03. The molecule has 0 unspecified atom stereocenters. The number of hydrogen-bond donors (Lipinski definition) is 1. The van der Waals surface area contributed by atoms with E-state index in [0.29, 0.717) is 12.5 Å². The lowest BCUT2D eigenvalue weighted by Crippen LogP contribution is -2.07. The average Bonchev–Trinajstić information content (AvgIpc) is 2.69. The zero-order valence-electron chi connectivity index (χ0n) is 11.0. The van der Waals surface area contributed by atoms with Crippen LogP contribution in [-0.2, 0) is 6.54 Å². The van der Waals surface area contributed by atoms with Gasteiger partial charge in [0.25, 0.3) is 0 Å². The van der Waals surface area contributed by atoms with Gasteiger partial charge >= 0.3 is 0 Å². The highest BCUT2D eigenvalue weighted by molar-refractivity contribution is 5.77. The minimum atomic E-state index is 0.472. The Morgan fingerprint density at radius 2 is 2.00 bits per heavy atom. The van der Waals surface area contributed by atoms with E-state index in [-0.39, 0.29) is 0 Å². The lowest BCUT2D eigenvalue weighted by molar-refractivity contribution is 0.796. The highest BCUT2D eigenvalue weighted by atomic mass is 15.2. The van der Waals surface area contributed by atoms with Crippen molar-refractivity contribution >= 4 is 17.1 Å². The molecule has 0 amide bonds. The summed E-state index contributed by atoms with van der Waals surface area (Å²) in [5, 5.41) is 0. The second kappa shape index (κ2) is 4.35. The van der Waals surface area contributed by atoms with E-state index in [1.807, 2.05) is 42.7 Å². The standard InChI is InChI=1S/C14H15N5/c1-9-6-7-16-13-12(9)18-14(15)19(13)8-11-5-3-4-10(2)17-11/h3-7H,8H2,1-2H3,(H2,15,18).